The molecule has 0 N–H and O–H groups in total. The SMILES string of the molecule is c1ccc2oc(SCc3ccncc3)nc2c1. The summed E-state index contributed by atoms with van der Waals surface area (Å²) >= 11 is 1.59. The zero-order valence-electron chi connectivity index (χ0n) is 9.04. The van der Waals surface area contributed by atoms with Gasteiger partial charge < -0.3 is 4.42 Å². The van der Waals surface area contributed by atoms with E-state index >= 15 is 0 Å². The first-order chi connectivity index (χ1) is 8.42. The lowest BCUT2D eigenvalue weighted by Gasteiger charge is -1.96. The standard InChI is InChI=1S/C13H10N2OS/c1-2-4-12-11(3-1)15-13(16-12)17-9-10-5-7-14-8-6-10/h1-8H,9H2. The highest BCUT2D eigenvalue weighted by atomic mass is 32.2. The Morgan fingerprint density at radius 3 is 2.71 bits per heavy atom. The molecule has 0 fully saturated rings. The van der Waals surface area contributed by atoms with E-state index in [-0.39, 0.29) is 0 Å². The average molecular weight is 242 g/mol. The molecule has 0 aliphatic rings. The van der Waals surface area contributed by atoms with E-state index in [9.17, 15) is 0 Å². The van der Waals surface area contributed by atoms with E-state index in [1.165, 1.54) is 5.56 Å². The molecule has 0 aliphatic carbocycles. The molecule has 17 heavy (non-hydrogen) atoms. The predicted octanol–water partition coefficient (Wildman–Crippen LogP) is 3.52. The van der Waals surface area contributed by atoms with Gasteiger partial charge in [0.05, 0.1) is 0 Å². The second kappa shape index (κ2) is 4.59. The fourth-order valence-electron chi connectivity index (χ4n) is 1.54. The summed E-state index contributed by atoms with van der Waals surface area (Å²) < 4.78 is 5.63. The highest BCUT2D eigenvalue weighted by molar-refractivity contribution is 7.98. The molecule has 4 heteroatoms. The second-order valence-corrected chi connectivity index (χ2v) is 4.52. The number of thioether (sulfide) groups is 1. The maximum absolute atomic E-state index is 5.63. The van der Waals surface area contributed by atoms with Crippen LogP contribution in [0.25, 0.3) is 11.1 Å². The van der Waals surface area contributed by atoms with E-state index in [0.717, 1.165) is 16.9 Å². The third-order valence-corrected chi connectivity index (χ3v) is 3.29. The summed E-state index contributed by atoms with van der Waals surface area (Å²) in [6.07, 6.45) is 3.59. The summed E-state index contributed by atoms with van der Waals surface area (Å²) in [6, 6.07) is 11.8. The summed E-state index contributed by atoms with van der Waals surface area (Å²) in [5.74, 6) is 0.843. The molecule has 0 aliphatic heterocycles. The van der Waals surface area contributed by atoms with Gasteiger partial charge in [0, 0.05) is 18.1 Å². The van der Waals surface area contributed by atoms with Crippen molar-refractivity contribution >= 4 is 22.9 Å². The Kier molecular flexibility index (Phi) is 2.80. The molecular formula is C13H10N2OS. The number of fused-ring (bicyclic) bond motifs is 1. The van der Waals surface area contributed by atoms with Gasteiger partial charge in [-0.3, -0.25) is 4.98 Å². The van der Waals surface area contributed by atoms with E-state index in [1.807, 2.05) is 36.4 Å². The fraction of sp³-hybridized carbons (Fsp3) is 0.0769. The maximum Gasteiger partial charge on any atom is 0.257 e. The van der Waals surface area contributed by atoms with Crippen molar-refractivity contribution in [1.29, 1.82) is 0 Å². The monoisotopic (exact) mass is 242 g/mol. The summed E-state index contributed by atoms with van der Waals surface area (Å²) in [5, 5.41) is 0.711. The van der Waals surface area contributed by atoms with Gasteiger partial charge in [-0.25, -0.2) is 4.98 Å². The van der Waals surface area contributed by atoms with Gasteiger partial charge in [-0.15, -0.1) is 0 Å². The molecule has 2 heterocycles. The Hall–Kier alpha value is -1.81. The zero-order valence-corrected chi connectivity index (χ0v) is 9.85. The highest BCUT2D eigenvalue weighted by Gasteiger charge is 2.05. The first-order valence-corrected chi connectivity index (χ1v) is 6.28. The normalized spacial score (nSPS) is 10.8. The van der Waals surface area contributed by atoms with Gasteiger partial charge in [0.1, 0.15) is 5.52 Å². The molecule has 0 bridgehead atoms. The number of hydrogen-bond acceptors (Lipinski definition) is 4. The Morgan fingerprint density at radius 1 is 1.06 bits per heavy atom. The van der Waals surface area contributed by atoms with Crippen LogP contribution < -0.4 is 0 Å². The molecule has 0 atom stereocenters. The zero-order chi connectivity index (χ0) is 11.5. The molecule has 3 nitrogen and oxygen atoms in total. The lowest BCUT2D eigenvalue weighted by Crippen LogP contribution is -1.80. The number of para-hydroxylation sites is 2. The van der Waals surface area contributed by atoms with Crippen molar-refractivity contribution in [2.75, 3.05) is 0 Å². The van der Waals surface area contributed by atoms with Crippen LogP contribution in [0.2, 0.25) is 0 Å². The molecule has 3 aromatic rings. The first kappa shape index (κ1) is 10.4. The second-order valence-electron chi connectivity index (χ2n) is 3.59. The van der Waals surface area contributed by atoms with Gasteiger partial charge in [0.2, 0.25) is 0 Å². The van der Waals surface area contributed by atoms with Gasteiger partial charge in [0.25, 0.3) is 5.22 Å². The summed E-state index contributed by atoms with van der Waals surface area (Å²) in [6.45, 7) is 0. The number of benzene rings is 1. The quantitative estimate of drug-likeness (QED) is 0.659. The van der Waals surface area contributed by atoms with Crippen molar-refractivity contribution in [2.45, 2.75) is 11.0 Å². The van der Waals surface area contributed by atoms with Crippen LogP contribution in [0.5, 0.6) is 0 Å². The number of oxazole rings is 1. The molecule has 0 spiro atoms. The summed E-state index contributed by atoms with van der Waals surface area (Å²) in [7, 11) is 0. The lowest BCUT2D eigenvalue weighted by molar-refractivity contribution is 0.489. The molecule has 2 aromatic heterocycles. The molecule has 1 aromatic carbocycles. The van der Waals surface area contributed by atoms with Crippen molar-refractivity contribution in [3.63, 3.8) is 0 Å². The largest absolute Gasteiger partial charge is 0.431 e. The molecule has 84 valence electrons. The lowest BCUT2D eigenvalue weighted by atomic mass is 10.3. The van der Waals surface area contributed by atoms with Gasteiger partial charge in [-0.1, -0.05) is 23.9 Å². The van der Waals surface area contributed by atoms with Crippen molar-refractivity contribution < 1.29 is 4.42 Å². The Labute approximate surface area is 103 Å². The summed E-state index contributed by atoms with van der Waals surface area (Å²) in [5.41, 5.74) is 2.96. The van der Waals surface area contributed by atoms with Crippen LogP contribution in [0.1, 0.15) is 5.56 Å². The molecule has 0 unspecified atom stereocenters. The molecule has 0 saturated heterocycles. The summed E-state index contributed by atoms with van der Waals surface area (Å²) in [4.78, 5) is 8.40. The molecule has 0 radical (unpaired) electrons. The Bertz CT molecular complexity index is 588. The molecule has 0 amide bonds. The predicted molar refractivity (Wildman–Crippen MR) is 67.8 cm³/mol. The average Bonchev–Trinajstić information content (AvgIpc) is 2.80. The van der Waals surface area contributed by atoms with Crippen LogP contribution in [-0.2, 0) is 5.75 Å². The van der Waals surface area contributed by atoms with Crippen LogP contribution in [0, 0.1) is 0 Å². The number of nitrogens with zero attached hydrogens (tertiary/aromatic N) is 2. The highest BCUT2D eigenvalue weighted by Crippen LogP contribution is 2.25. The minimum atomic E-state index is 0.711. The van der Waals surface area contributed by atoms with Gasteiger partial charge in [-0.05, 0) is 29.8 Å². The van der Waals surface area contributed by atoms with Gasteiger partial charge >= 0.3 is 0 Å². The Balaban J connectivity index is 1.77. The van der Waals surface area contributed by atoms with Crippen molar-refractivity contribution in [2.24, 2.45) is 0 Å². The van der Waals surface area contributed by atoms with E-state index in [1.54, 1.807) is 24.2 Å². The van der Waals surface area contributed by atoms with Crippen molar-refractivity contribution in [1.82, 2.24) is 9.97 Å². The smallest absolute Gasteiger partial charge is 0.257 e. The topological polar surface area (TPSA) is 38.9 Å². The number of aromatic nitrogens is 2. The van der Waals surface area contributed by atoms with Crippen LogP contribution in [0.3, 0.4) is 0 Å². The molecular weight excluding hydrogens is 232 g/mol. The number of rotatable bonds is 3. The minimum absolute atomic E-state index is 0.711. The van der Waals surface area contributed by atoms with Crippen molar-refractivity contribution in [3.8, 4) is 0 Å². The minimum Gasteiger partial charge on any atom is -0.431 e. The Morgan fingerprint density at radius 2 is 1.88 bits per heavy atom. The van der Waals surface area contributed by atoms with Crippen LogP contribution >= 0.6 is 11.8 Å². The van der Waals surface area contributed by atoms with Gasteiger partial charge in [-0.2, -0.15) is 0 Å². The van der Waals surface area contributed by atoms with E-state index in [4.69, 9.17) is 4.42 Å². The number of pyridine rings is 1. The van der Waals surface area contributed by atoms with Crippen LogP contribution in [-0.4, -0.2) is 9.97 Å². The van der Waals surface area contributed by atoms with Crippen LogP contribution in [0.4, 0.5) is 0 Å². The molecule has 3 rings (SSSR count). The first-order valence-electron chi connectivity index (χ1n) is 5.29. The fourth-order valence-corrected chi connectivity index (χ4v) is 2.33. The third-order valence-electron chi connectivity index (χ3n) is 2.39. The van der Waals surface area contributed by atoms with Crippen LogP contribution in [0.15, 0.2) is 58.4 Å². The van der Waals surface area contributed by atoms with E-state index in [2.05, 4.69) is 9.97 Å². The van der Waals surface area contributed by atoms with Crippen molar-refractivity contribution in [3.05, 3.63) is 54.4 Å². The maximum atomic E-state index is 5.63. The van der Waals surface area contributed by atoms with E-state index < -0.39 is 0 Å². The molecule has 0 saturated carbocycles. The third kappa shape index (κ3) is 2.31. The van der Waals surface area contributed by atoms with E-state index in [0.29, 0.717) is 5.22 Å². The number of hydrogen-bond donors (Lipinski definition) is 0. The van der Waals surface area contributed by atoms with Gasteiger partial charge in [0.15, 0.2) is 5.58 Å².